The molecule has 0 radical (unpaired) electrons. The SMILES string of the molecule is NCc1cccc(-c2ccncn2)c1. The zero-order valence-electron chi connectivity index (χ0n) is 7.72. The molecule has 0 saturated carbocycles. The molecule has 2 aromatic rings. The van der Waals surface area contributed by atoms with E-state index in [0.29, 0.717) is 6.54 Å². The van der Waals surface area contributed by atoms with E-state index < -0.39 is 0 Å². The van der Waals surface area contributed by atoms with Gasteiger partial charge in [-0.1, -0.05) is 18.2 Å². The van der Waals surface area contributed by atoms with E-state index in [1.165, 1.54) is 0 Å². The van der Waals surface area contributed by atoms with Gasteiger partial charge >= 0.3 is 0 Å². The predicted molar refractivity (Wildman–Crippen MR) is 55.4 cm³/mol. The third-order valence-electron chi connectivity index (χ3n) is 2.04. The zero-order chi connectivity index (χ0) is 9.80. The summed E-state index contributed by atoms with van der Waals surface area (Å²) in [5.41, 5.74) is 8.68. The number of hydrogen-bond acceptors (Lipinski definition) is 3. The van der Waals surface area contributed by atoms with Crippen molar-refractivity contribution in [3.05, 3.63) is 48.4 Å². The van der Waals surface area contributed by atoms with E-state index in [-0.39, 0.29) is 0 Å². The number of rotatable bonds is 2. The van der Waals surface area contributed by atoms with Crippen LogP contribution in [0, 0.1) is 0 Å². The van der Waals surface area contributed by atoms with Crippen LogP contribution < -0.4 is 5.73 Å². The van der Waals surface area contributed by atoms with E-state index >= 15 is 0 Å². The summed E-state index contributed by atoms with van der Waals surface area (Å²) < 4.78 is 0. The summed E-state index contributed by atoms with van der Waals surface area (Å²) in [6.45, 7) is 0.554. The van der Waals surface area contributed by atoms with Gasteiger partial charge in [0, 0.05) is 18.3 Å². The summed E-state index contributed by atoms with van der Waals surface area (Å²) in [5.74, 6) is 0. The van der Waals surface area contributed by atoms with Gasteiger partial charge in [0.05, 0.1) is 5.69 Å². The van der Waals surface area contributed by atoms with Gasteiger partial charge in [0.1, 0.15) is 6.33 Å². The van der Waals surface area contributed by atoms with Crippen molar-refractivity contribution < 1.29 is 0 Å². The standard InChI is InChI=1S/C11H11N3/c12-7-9-2-1-3-10(6-9)11-4-5-13-8-14-11/h1-6,8H,7,12H2. The Labute approximate surface area is 82.6 Å². The van der Waals surface area contributed by atoms with Crippen LogP contribution in [0.3, 0.4) is 0 Å². The number of hydrogen-bond donors (Lipinski definition) is 1. The molecule has 0 unspecified atom stereocenters. The minimum absolute atomic E-state index is 0.554. The monoisotopic (exact) mass is 185 g/mol. The summed E-state index contributed by atoms with van der Waals surface area (Å²) in [6, 6.07) is 9.93. The molecular formula is C11H11N3. The first-order valence-electron chi connectivity index (χ1n) is 4.45. The second-order valence-electron chi connectivity index (χ2n) is 3.00. The van der Waals surface area contributed by atoms with Crippen molar-refractivity contribution in [3.63, 3.8) is 0 Å². The van der Waals surface area contributed by atoms with Crippen LogP contribution in [0.2, 0.25) is 0 Å². The number of aromatic nitrogens is 2. The first-order chi connectivity index (χ1) is 6.90. The van der Waals surface area contributed by atoms with Crippen LogP contribution in [0.4, 0.5) is 0 Å². The molecule has 2 rings (SSSR count). The van der Waals surface area contributed by atoms with Crippen molar-refractivity contribution in [3.8, 4) is 11.3 Å². The van der Waals surface area contributed by atoms with Crippen molar-refractivity contribution in [1.29, 1.82) is 0 Å². The average molecular weight is 185 g/mol. The summed E-state index contributed by atoms with van der Waals surface area (Å²) >= 11 is 0. The fraction of sp³-hybridized carbons (Fsp3) is 0.0909. The van der Waals surface area contributed by atoms with E-state index in [1.54, 1.807) is 12.5 Å². The van der Waals surface area contributed by atoms with Crippen LogP contribution in [0.15, 0.2) is 42.9 Å². The maximum atomic E-state index is 5.56. The van der Waals surface area contributed by atoms with Crippen molar-refractivity contribution in [2.45, 2.75) is 6.54 Å². The van der Waals surface area contributed by atoms with Gasteiger partial charge in [-0.15, -0.1) is 0 Å². The second kappa shape index (κ2) is 3.98. The van der Waals surface area contributed by atoms with Crippen LogP contribution in [-0.2, 0) is 6.54 Å². The van der Waals surface area contributed by atoms with E-state index in [9.17, 15) is 0 Å². The average Bonchev–Trinajstić information content (AvgIpc) is 2.30. The quantitative estimate of drug-likeness (QED) is 0.773. The van der Waals surface area contributed by atoms with Crippen LogP contribution in [-0.4, -0.2) is 9.97 Å². The Morgan fingerprint density at radius 2 is 2.14 bits per heavy atom. The van der Waals surface area contributed by atoms with E-state index in [4.69, 9.17) is 5.73 Å². The molecule has 3 nitrogen and oxygen atoms in total. The molecule has 1 aromatic carbocycles. The molecule has 1 aromatic heterocycles. The van der Waals surface area contributed by atoms with Gasteiger partial charge < -0.3 is 5.73 Å². The lowest BCUT2D eigenvalue weighted by molar-refractivity contribution is 1.07. The first kappa shape index (κ1) is 8.84. The molecule has 3 heteroatoms. The minimum Gasteiger partial charge on any atom is -0.326 e. The summed E-state index contributed by atoms with van der Waals surface area (Å²) in [4.78, 5) is 8.05. The van der Waals surface area contributed by atoms with Crippen molar-refractivity contribution in [2.75, 3.05) is 0 Å². The highest BCUT2D eigenvalue weighted by atomic mass is 14.8. The molecule has 0 aliphatic heterocycles. The second-order valence-corrected chi connectivity index (χ2v) is 3.00. The highest BCUT2D eigenvalue weighted by molar-refractivity contribution is 5.59. The van der Waals surface area contributed by atoms with E-state index in [2.05, 4.69) is 9.97 Å². The lowest BCUT2D eigenvalue weighted by atomic mass is 10.1. The predicted octanol–water partition coefficient (Wildman–Crippen LogP) is 1.60. The van der Waals surface area contributed by atoms with E-state index in [1.807, 2.05) is 30.3 Å². The van der Waals surface area contributed by atoms with Crippen LogP contribution in [0.25, 0.3) is 11.3 Å². The molecule has 0 aliphatic carbocycles. The molecule has 0 bridgehead atoms. The Morgan fingerprint density at radius 1 is 1.21 bits per heavy atom. The normalized spacial score (nSPS) is 10.1. The summed E-state index contributed by atoms with van der Waals surface area (Å²) in [6.07, 6.45) is 3.28. The third kappa shape index (κ3) is 1.78. The van der Waals surface area contributed by atoms with Gasteiger partial charge in [0.25, 0.3) is 0 Å². The zero-order valence-corrected chi connectivity index (χ0v) is 7.72. The number of benzene rings is 1. The van der Waals surface area contributed by atoms with Crippen molar-refractivity contribution in [1.82, 2.24) is 9.97 Å². The fourth-order valence-corrected chi connectivity index (χ4v) is 1.32. The Balaban J connectivity index is 2.42. The molecule has 1 heterocycles. The Bertz CT molecular complexity index is 412. The molecule has 0 amide bonds. The highest BCUT2D eigenvalue weighted by Crippen LogP contribution is 2.16. The van der Waals surface area contributed by atoms with Gasteiger partial charge in [-0.25, -0.2) is 9.97 Å². The third-order valence-corrected chi connectivity index (χ3v) is 2.04. The molecule has 0 saturated heterocycles. The lowest BCUT2D eigenvalue weighted by Crippen LogP contribution is -1.96. The topological polar surface area (TPSA) is 51.8 Å². The molecule has 0 aliphatic rings. The number of nitrogens with zero attached hydrogens (tertiary/aromatic N) is 2. The van der Waals surface area contributed by atoms with Gasteiger partial charge in [-0.2, -0.15) is 0 Å². The maximum absolute atomic E-state index is 5.56. The largest absolute Gasteiger partial charge is 0.326 e. The number of nitrogens with two attached hydrogens (primary N) is 1. The Kier molecular flexibility index (Phi) is 2.51. The Morgan fingerprint density at radius 3 is 2.86 bits per heavy atom. The lowest BCUT2D eigenvalue weighted by Gasteiger charge is -2.01. The van der Waals surface area contributed by atoms with Gasteiger partial charge in [0.2, 0.25) is 0 Å². The van der Waals surface area contributed by atoms with Gasteiger partial charge in [-0.3, -0.25) is 0 Å². The molecule has 0 spiro atoms. The first-order valence-corrected chi connectivity index (χ1v) is 4.45. The van der Waals surface area contributed by atoms with Gasteiger partial charge in [-0.05, 0) is 17.7 Å². The molecule has 14 heavy (non-hydrogen) atoms. The van der Waals surface area contributed by atoms with Crippen LogP contribution in [0.5, 0.6) is 0 Å². The summed E-state index contributed by atoms with van der Waals surface area (Å²) in [7, 11) is 0. The fourth-order valence-electron chi connectivity index (χ4n) is 1.32. The van der Waals surface area contributed by atoms with Gasteiger partial charge in [0.15, 0.2) is 0 Å². The van der Waals surface area contributed by atoms with E-state index in [0.717, 1.165) is 16.8 Å². The molecule has 70 valence electrons. The molecule has 0 atom stereocenters. The molecule has 0 fully saturated rings. The Hall–Kier alpha value is -1.74. The van der Waals surface area contributed by atoms with Crippen molar-refractivity contribution >= 4 is 0 Å². The maximum Gasteiger partial charge on any atom is 0.116 e. The summed E-state index contributed by atoms with van der Waals surface area (Å²) in [5, 5.41) is 0. The molecule has 2 N–H and O–H groups in total. The minimum atomic E-state index is 0.554. The van der Waals surface area contributed by atoms with Crippen LogP contribution in [0.1, 0.15) is 5.56 Å². The van der Waals surface area contributed by atoms with Crippen molar-refractivity contribution in [2.24, 2.45) is 5.73 Å². The smallest absolute Gasteiger partial charge is 0.116 e. The molecular weight excluding hydrogens is 174 g/mol. The highest BCUT2D eigenvalue weighted by Gasteiger charge is 1.98. The van der Waals surface area contributed by atoms with Crippen LogP contribution >= 0.6 is 0 Å².